The van der Waals surface area contributed by atoms with E-state index in [1.54, 1.807) is 0 Å². The van der Waals surface area contributed by atoms with Gasteiger partial charge in [0.2, 0.25) is 0 Å². The summed E-state index contributed by atoms with van der Waals surface area (Å²) in [7, 11) is 0. The molecule has 0 aromatic rings. The van der Waals surface area contributed by atoms with Gasteiger partial charge in [-0.15, -0.1) is 0 Å². The minimum atomic E-state index is 0.656. The molecular formula is C15H26O. The van der Waals surface area contributed by atoms with E-state index in [1.807, 2.05) is 6.08 Å². The molecule has 0 unspecified atom stereocenters. The second-order valence-electron chi connectivity index (χ2n) is 6.04. The molecule has 0 aromatic heterocycles. The third-order valence-electron chi connectivity index (χ3n) is 4.90. The molecule has 2 aliphatic rings. The van der Waals surface area contributed by atoms with E-state index in [1.165, 1.54) is 57.6 Å². The van der Waals surface area contributed by atoms with Gasteiger partial charge in [0.05, 0.1) is 6.26 Å². The molecule has 0 radical (unpaired) electrons. The Morgan fingerprint density at radius 3 is 1.81 bits per heavy atom. The highest BCUT2D eigenvalue weighted by Crippen LogP contribution is 2.41. The van der Waals surface area contributed by atoms with Crippen LogP contribution in [0.3, 0.4) is 0 Å². The first-order chi connectivity index (χ1) is 7.79. The molecule has 2 rings (SSSR count). The van der Waals surface area contributed by atoms with Gasteiger partial charge in [0, 0.05) is 0 Å². The fourth-order valence-corrected chi connectivity index (χ4v) is 3.69. The maximum atomic E-state index is 8.78. The highest BCUT2D eigenvalue weighted by molar-refractivity contribution is 4.88. The second-order valence-corrected chi connectivity index (χ2v) is 6.04. The van der Waals surface area contributed by atoms with Crippen molar-refractivity contribution in [1.82, 2.24) is 0 Å². The highest BCUT2D eigenvalue weighted by atomic mass is 16.2. The summed E-state index contributed by atoms with van der Waals surface area (Å²) in [6.45, 7) is 2.40. The van der Waals surface area contributed by atoms with Gasteiger partial charge in [0.1, 0.15) is 0 Å². The van der Waals surface area contributed by atoms with E-state index in [0.29, 0.717) is 5.92 Å². The first-order valence-corrected chi connectivity index (χ1v) is 7.10. The summed E-state index contributed by atoms with van der Waals surface area (Å²) in [6, 6.07) is 0. The Morgan fingerprint density at radius 2 is 1.31 bits per heavy atom. The molecule has 0 atom stereocenters. The topological polar surface area (TPSA) is 20.2 Å². The van der Waals surface area contributed by atoms with Crippen LogP contribution in [0.2, 0.25) is 0 Å². The Morgan fingerprint density at radius 1 is 0.812 bits per heavy atom. The van der Waals surface area contributed by atoms with Gasteiger partial charge in [0.25, 0.3) is 0 Å². The Hall–Kier alpha value is -0.460. The molecule has 2 fully saturated rings. The summed E-state index contributed by atoms with van der Waals surface area (Å²) in [6.07, 6.45) is 14.5. The number of allylic oxidation sites excluding steroid dienone is 1. The van der Waals surface area contributed by atoms with Gasteiger partial charge in [-0.05, 0) is 68.3 Å². The molecule has 92 valence electrons. The van der Waals surface area contributed by atoms with E-state index in [4.69, 9.17) is 5.11 Å². The fraction of sp³-hybridized carbons (Fsp3) is 0.867. The van der Waals surface area contributed by atoms with E-state index in [0.717, 1.165) is 17.8 Å². The molecule has 1 nitrogen and oxygen atoms in total. The SMILES string of the molecule is CC1CCC(C2CCC(/C=C/O)CC2)CC1. The van der Waals surface area contributed by atoms with E-state index in [-0.39, 0.29) is 0 Å². The maximum absolute atomic E-state index is 8.78. The van der Waals surface area contributed by atoms with Gasteiger partial charge in [-0.1, -0.05) is 19.8 Å². The van der Waals surface area contributed by atoms with Crippen molar-refractivity contribution >= 4 is 0 Å². The van der Waals surface area contributed by atoms with Crippen LogP contribution in [-0.4, -0.2) is 5.11 Å². The Labute approximate surface area is 99.9 Å². The first-order valence-electron chi connectivity index (χ1n) is 7.10. The lowest BCUT2D eigenvalue weighted by molar-refractivity contribution is 0.160. The minimum absolute atomic E-state index is 0.656. The van der Waals surface area contributed by atoms with Gasteiger partial charge < -0.3 is 5.11 Å². The van der Waals surface area contributed by atoms with Crippen molar-refractivity contribution in [2.24, 2.45) is 23.7 Å². The monoisotopic (exact) mass is 222 g/mol. The summed E-state index contributed by atoms with van der Waals surface area (Å²) < 4.78 is 0. The average molecular weight is 222 g/mol. The molecule has 2 aliphatic carbocycles. The molecule has 16 heavy (non-hydrogen) atoms. The normalized spacial score (nSPS) is 41.3. The Kier molecular flexibility index (Phi) is 4.31. The zero-order valence-electron chi connectivity index (χ0n) is 10.6. The Balaban J connectivity index is 1.76. The predicted octanol–water partition coefficient (Wildman–Crippen LogP) is 4.69. The van der Waals surface area contributed by atoms with Gasteiger partial charge in [-0.25, -0.2) is 0 Å². The molecule has 0 saturated heterocycles. The smallest absolute Gasteiger partial charge is 0.0754 e. The average Bonchev–Trinajstić information content (AvgIpc) is 2.32. The predicted molar refractivity (Wildman–Crippen MR) is 68.3 cm³/mol. The molecule has 0 aliphatic heterocycles. The molecule has 2 saturated carbocycles. The zero-order valence-corrected chi connectivity index (χ0v) is 10.6. The van der Waals surface area contributed by atoms with Gasteiger partial charge in [-0.2, -0.15) is 0 Å². The standard InChI is InChI=1S/C15H26O/c1-12-2-6-14(7-3-12)15-8-4-13(5-9-15)10-11-16/h10-16H,2-9H2,1H3/b11-10+. The van der Waals surface area contributed by atoms with Crippen molar-refractivity contribution in [3.8, 4) is 0 Å². The summed E-state index contributed by atoms with van der Waals surface area (Å²) in [5.41, 5.74) is 0. The van der Waals surface area contributed by atoms with Crippen molar-refractivity contribution in [3.05, 3.63) is 12.3 Å². The van der Waals surface area contributed by atoms with Crippen molar-refractivity contribution in [2.45, 2.75) is 58.3 Å². The van der Waals surface area contributed by atoms with Crippen LogP contribution in [0.5, 0.6) is 0 Å². The highest BCUT2D eigenvalue weighted by Gasteiger charge is 2.29. The lowest BCUT2D eigenvalue weighted by Gasteiger charge is -2.36. The summed E-state index contributed by atoms with van der Waals surface area (Å²) in [4.78, 5) is 0. The van der Waals surface area contributed by atoms with Crippen LogP contribution >= 0.6 is 0 Å². The first kappa shape index (κ1) is 12.0. The molecule has 0 spiro atoms. The van der Waals surface area contributed by atoms with Crippen LogP contribution in [0.1, 0.15) is 58.3 Å². The van der Waals surface area contributed by atoms with Crippen LogP contribution in [-0.2, 0) is 0 Å². The van der Waals surface area contributed by atoms with Crippen molar-refractivity contribution in [1.29, 1.82) is 0 Å². The van der Waals surface area contributed by atoms with Crippen molar-refractivity contribution in [2.75, 3.05) is 0 Å². The molecule has 0 aromatic carbocycles. The minimum Gasteiger partial charge on any atom is -0.516 e. The van der Waals surface area contributed by atoms with Gasteiger partial charge >= 0.3 is 0 Å². The van der Waals surface area contributed by atoms with E-state index in [9.17, 15) is 0 Å². The van der Waals surface area contributed by atoms with Crippen LogP contribution in [0.25, 0.3) is 0 Å². The van der Waals surface area contributed by atoms with Crippen molar-refractivity contribution < 1.29 is 5.11 Å². The number of hydrogen-bond acceptors (Lipinski definition) is 1. The fourth-order valence-electron chi connectivity index (χ4n) is 3.69. The molecule has 0 amide bonds. The third-order valence-corrected chi connectivity index (χ3v) is 4.90. The molecule has 1 heteroatoms. The van der Waals surface area contributed by atoms with E-state index in [2.05, 4.69) is 6.92 Å². The Bertz CT molecular complexity index is 218. The number of hydrogen-bond donors (Lipinski definition) is 1. The zero-order chi connectivity index (χ0) is 11.4. The summed E-state index contributed by atoms with van der Waals surface area (Å²) in [5, 5.41) is 8.78. The third kappa shape index (κ3) is 3.02. The molecule has 1 N–H and O–H groups in total. The molecule has 0 heterocycles. The molecular weight excluding hydrogens is 196 g/mol. The van der Waals surface area contributed by atoms with Crippen LogP contribution in [0.15, 0.2) is 12.3 Å². The maximum Gasteiger partial charge on any atom is 0.0754 e. The van der Waals surface area contributed by atoms with E-state index >= 15 is 0 Å². The number of rotatable bonds is 2. The lowest BCUT2D eigenvalue weighted by Crippen LogP contribution is -2.24. The summed E-state index contributed by atoms with van der Waals surface area (Å²) >= 11 is 0. The van der Waals surface area contributed by atoms with E-state index < -0.39 is 0 Å². The molecule has 0 bridgehead atoms. The second kappa shape index (κ2) is 5.75. The largest absolute Gasteiger partial charge is 0.516 e. The van der Waals surface area contributed by atoms with Crippen molar-refractivity contribution in [3.63, 3.8) is 0 Å². The summed E-state index contributed by atoms with van der Waals surface area (Å²) in [5.74, 6) is 3.65. The van der Waals surface area contributed by atoms with Gasteiger partial charge in [0.15, 0.2) is 0 Å². The number of aliphatic hydroxyl groups is 1. The lowest BCUT2D eigenvalue weighted by atomic mass is 9.69. The van der Waals surface area contributed by atoms with Crippen LogP contribution in [0.4, 0.5) is 0 Å². The quantitative estimate of drug-likeness (QED) is 0.672. The van der Waals surface area contributed by atoms with Crippen LogP contribution < -0.4 is 0 Å². The van der Waals surface area contributed by atoms with Gasteiger partial charge in [-0.3, -0.25) is 0 Å². The number of aliphatic hydroxyl groups excluding tert-OH is 1. The van der Waals surface area contributed by atoms with Crippen LogP contribution in [0, 0.1) is 23.7 Å².